The fourth-order valence-electron chi connectivity index (χ4n) is 4.53. The van der Waals surface area contributed by atoms with Gasteiger partial charge in [-0.3, -0.25) is 4.79 Å². The lowest BCUT2D eigenvalue weighted by atomic mass is 9.74. The first-order valence-electron chi connectivity index (χ1n) is 11.1. The Labute approximate surface area is 186 Å². The van der Waals surface area contributed by atoms with Gasteiger partial charge in [0.15, 0.2) is 0 Å². The van der Waals surface area contributed by atoms with E-state index in [1.807, 2.05) is 26.0 Å². The molecule has 0 bridgehead atoms. The predicted molar refractivity (Wildman–Crippen MR) is 115 cm³/mol. The molecule has 2 aromatic rings. The van der Waals surface area contributed by atoms with Crippen molar-refractivity contribution in [3.8, 4) is 0 Å². The summed E-state index contributed by atoms with van der Waals surface area (Å²) >= 11 is 0. The fourth-order valence-corrected chi connectivity index (χ4v) is 4.53. The lowest BCUT2D eigenvalue weighted by Crippen LogP contribution is -2.59. The molecule has 178 valence electrons. The van der Waals surface area contributed by atoms with E-state index in [9.17, 15) is 27.5 Å². The summed E-state index contributed by atoms with van der Waals surface area (Å²) < 4.78 is 52.0. The summed E-state index contributed by atoms with van der Waals surface area (Å²) in [5.41, 5.74) is 2.52. The van der Waals surface area contributed by atoms with Gasteiger partial charge in [0.1, 0.15) is 11.6 Å². The molecule has 0 amide bonds. The first-order valence-corrected chi connectivity index (χ1v) is 11.1. The second kappa shape index (κ2) is 8.12. The number of hydrogen-bond acceptors (Lipinski definition) is 3. The van der Waals surface area contributed by atoms with Crippen molar-refractivity contribution in [3.05, 3.63) is 29.6 Å². The van der Waals surface area contributed by atoms with E-state index >= 15 is 0 Å². The third kappa shape index (κ3) is 4.30. The monoisotopic (exact) mass is 456 g/mol. The van der Waals surface area contributed by atoms with Gasteiger partial charge >= 0.3 is 11.8 Å². The highest BCUT2D eigenvalue weighted by molar-refractivity contribution is 5.78. The van der Waals surface area contributed by atoms with Crippen LogP contribution in [-0.4, -0.2) is 32.3 Å². The number of nitrogens with zero attached hydrogens (tertiary/aromatic N) is 2. The summed E-state index contributed by atoms with van der Waals surface area (Å²) in [7, 11) is 0. The molecule has 0 saturated heterocycles. The van der Waals surface area contributed by atoms with Crippen LogP contribution in [0.3, 0.4) is 0 Å². The smallest absolute Gasteiger partial charge is 0.313 e. The molecule has 1 unspecified atom stereocenters. The first-order chi connectivity index (χ1) is 14.6. The number of aryl methyl sites for hydroxylation is 1. The number of carbonyl (C=O) groups excluding carboxylic acids is 1. The molecule has 8 heteroatoms. The molecule has 2 aliphatic rings. The number of aliphatic hydroxyl groups is 1. The van der Waals surface area contributed by atoms with Crippen molar-refractivity contribution in [2.75, 3.05) is 0 Å². The SMILES string of the molecule is CCC(=O)CC1CC(F)(F)C1(F)F.Cc1nc2ccc(C(C)(C)O)cc2n1C1(C)CCC1. The molecule has 1 aromatic carbocycles. The molecule has 1 N–H and O–H groups in total. The van der Waals surface area contributed by atoms with Crippen LogP contribution >= 0.6 is 0 Å². The predicted octanol–water partition coefficient (Wildman–Crippen LogP) is 6.12. The number of aromatic nitrogens is 2. The maximum absolute atomic E-state index is 12.6. The Kier molecular flexibility index (Phi) is 6.26. The Hall–Kier alpha value is -1.96. The number of imidazole rings is 1. The quantitative estimate of drug-likeness (QED) is 0.552. The summed E-state index contributed by atoms with van der Waals surface area (Å²) in [6.07, 6.45) is 2.54. The van der Waals surface area contributed by atoms with E-state index in [1.54, 1.807) is 0 Å². The van der Waals surface area contributed by atoms with Gasteiger partial charge in [-0.1, -0.05) is 13.0 Å². The molecule has 1 heterocycles. The highest BCUT2D eigenvalue weighted by atomic mass is 19.3. The number of carbonyl (C=O) groups is 1. The summed E-state index contributed by atoms with van der Waals surface area (Å²) in [5, 5.41) is 10.2. The van der Waals surface area contributed by atoms with E-state index in [0.29, 0.717) is 0 Å². The molecular weight excluding hydrogens is 424 g/mol. The minimum Gasteiger partial charge on any atom is -0.386 e. The molecule has 0 radical (unpaired) electrons. The van der Waals surface area contributed by atoms with Gasteiger partial charge in [-0.05, 0) is 64.7 Å². The van der Waals surface area contributed by atoms with Crippen molar-refractivity contribution in [2.24, 2.45) is 5.92 Å². The van der Waals surface area contributed by atoms with Gasteiger partial charge in [0.05, 0.1) is 16.6 Å². The third-order valence-corrected chi connectivity index (χ3v) is 6.87. The van der Waals surface area contributed by atoms with Crippen LogP contribution < -0.4 is 0 Å². The fraction of sp³-hybridized carbons (Fsp3) is 0.667. The molecule has 2 fully saturated rings. The second-order valence-corrected chi connectivity index (χ2v) is 9.93. The number of benzene rings is 1. The van der Waals surface area contributed by atoms with E-state index in [0.717, 1.165) is 22.4 Å². The average Bonchev–Trinajstić information content (AvgIpc) is 3.00. The second-order valence-electron chi connectivity index (χ2n) is 9.93. The summed E-state index contributed by atoms with van der Waals surface area (Å²) in [6.45, 7) is 9.56. The summed E-state index contributed by atoms with van der Waals surface area (Å²) in [4.78, 5) is 15.4. The average molecular weight is 457 g/mol. The Morgan fingerprint density at radius 3 is 2.31 bits per heavy atom. The highest BCUT2D eigenvalue weighted by Gasteiger charge is 2.71. The van der Waals surface area contributed by atoms with E-state index in [4.69, 9.17) is 0 Å². The molecule has 2 saturated carbocycles. The summed E-state index contributed by atoms with van der Waals surface area (Å²) in [5.74, 6) is -8.68. The molecule has 1 atom stereocenters. The van der Waals surface area contributed by atoms with E-state index in [-0.39, 0.29) is 17.7 Å². The van der Waals surface area contributed by atoms with E-state index in [1.165, 1.54) is 26.2 Å². The van der Waals surface area contributed by atoms with Gasteiger partial charge in [-0.25, -0.2) is 4.98 Å². The van der Waals surface area contributed by atoms with Crippen LogP contribution in [0.2, 0.25) is 0 Å². The number of fused-ring (bicyclic) bond motifs is 1. The number of alkyl halides is 4. The van der Waals surface area contributed by atoms with Crippen LogP contribution in [0.5, 0.6) is 0 Å². The lowest BCUT2D eigenvalue weighted by molar-refractivity contribution is -0.313. The lowest BCUT2D eigenvalue weighted by Gasteiger charge is -2.43. The largest absolute Gasteiger partial charge is 0.386 e. The number of halogens is 4. The van der Waals surface area contributed by atoms with Crippen molar-refractivity contribution in [2.45, 2.75) is 96.1 Å². The minimum absolute atomic E-state index is 0.123. The topological polar surface area (TPSA) is 55.1 Å². The Morgan fingerprint density at radius 1 is 1.25 bits per heavy atom. The molecule has 4 rings (SSSR count). The zero-order valence-corrected chi connectivity index (χ0v) is 19.3. The van der Waals surface area contributed by atoms with Crippen molar-refractivity contribution in [1.82, 2.24) is 9.55 Å². The van der Waals surface area contributed by atoms with Crippen LogP contribution in [0.1, 0.15) is 77.6 Å². The molecule has 1 aromatic heterocycles. The van der Waals surface area contributed by atoms with Gasteiger partial charge in [-0.2, -0.15) is 17.6 Å². The van der Waals surface area contributed by atoms with Crippen LogP contribution in [0.25, 0.3) is 11.0 Å². The maximum Gasteiger partial charge on any atom is 0.313 e. The maximum atomic E-state index is 12.6. The van der Waals surface area contributed by atoms with Crippen molar-refractivity contribution in [1.29, 1.82) is 0 Å². The van der Waals surface area contributed by atoms with E-state index in [2.05, 4.69) is 29.5 Å². The molecule has 2 aliphatic carbocycles. The highest BCUT2D eigenvalue weighted by Crippen LogP contribution is 2.56. The van der Waals surface area contributed by atoms with E-state index < -0.39 is 36.2 Å². The van der Waals surface area contributed by atoms with Crippen LogP contribution in [-0.2, 0) is 15.9 Å². The number of Topliss-reactive ketones (excluding diaryl/α,β-unsaturated/α-hetero) is 1. The normalized spacial score (nSPS) is 23.0. The van der Waals surface area contributed by atoms with Crippen molar-refractivity contribution < 1.29 is 27.5 Å². The van der Waals surface area contributed by atoms with Gasteiger partial charge in [-0.15, -0.1) is 0 Å². The molecule has 0 spiro atoms. The van der Waals surface area contributed by atoms with Crippen molar-refractivity contribution >= 4 is 16.8 Å². The zero-order valence-electron chi connectivity index (χ0n) is 19.3. The van der Waals surface area contributed by atoms with Gasteiger partial charge in [0, 0.05) is 30.7 Å². The summed E-state index contributed by atoms with van der Waals surface area (Å²) in [6, 6.07) is 6.09. The zero-order chi connectivity index (χ0) is 24.1. The molecule has 0 aliphatic heterocycles. The van der Waals surface area contributed by atoms with Crippen LogP contribution in [0.4, 0.5) is 17.6 Å². The number of ketones is 1. The molecular formula is C24H32F4N2O2. The standard InChI is InChI=1S/C16H22N2O.C8H10F4O/c1-11-17-13-7-6-12(15(2,3)19)10-14(13)18(11)16(4)8-5-9-16;1-2-6(13)3-5-4-7(9,10)8(5,11)12/h6-7,10,19H,5,8-9H2,1-4H3;5H,2-4H2,1H3. The first kappa shape index (κ1) is 24.7. The third-order valence-electron chi connectivity index (χ3n) is 6.87. The Morgan fingerprint density at radius 2 is 1.88 bits per heavy atom. The molecule has 32 heavy (non-hydrogen) atoms. The number of rotatable bonds is 5. The van der Waals surface area contributed by atoms with Gasteiger partial charge in [0.25, 0.3) is 0 Å². The molecule has 4 nitrogen and oxygen atoms in total. The van der Waals surface area contributed by atoms with Crippen LogP contribution in [0.15, 0.2) is 18.2 Å². The van der Waals surface area contributed by atoms with Gasteiger partial charge < -0.3 is 9.67 Å². The number of hydrogen-bond donors (Lipinski definition) is 1. The Bertz CT molecular complexity index is 1000. The van der Waals surface area contributed by atoms with Crippen molar-refractivity contribution in [3.63, 3.8) is 0 Å². The van der Waals surface area contributed by atoms with Gasteiger partial charge in [0.2, 0.25) is 0 Å². The van der Waals surface area contributed by atoms with Crippen LogP contribution in [0, 0.1) is 12.8 Å². The Balaban J connectivity index is 0.000000195. The minimum atomic E-state index is -3.99.